The van der Waals surface area contributed by atoms with Crippen molar-refractivity contribution in [3.05, 3.63) is 117 Å². The Hall–Kier alpha value is -4.98. The van der Waals surface area contributed by atoms with Gasteiger partial charge >= 0.3 is 11.9 Å². The van der Waals surface area contributed by atoms with E-state index in [0.29, 0.717) is 25.7 Å². The first-order valence-electron chi connectivity index (χ1n) is 21.0. The van der Waals surface area contributed by atoms with E-state index in [0.717, 1.165) is 95.9 Å². The Labute approximate surface area is 339 Å². The number of aromatic hydroxyl groups is 4. The average molecular weight is 781 g/mol. The summed E-state index contributed by atoms with van der Waals surface area (Å²) in [5.74, 6) is -0.413. The van der Waals surface area contributed by atoms with Gasteiger partial charge < -0.3 is 29.9 Å². The van der Waals surface area contributed by atoms with Gasteiger partial charge in [0.05, 0.1) is 12.8 Å². The Morgan fingerprint density at radius 1 is 0.526 bits per heavy atom. The van der Waals surface area contributed by atoms with Crippen LogP contribution in [0.2, 0.25) is 0 Å². The Morgan fingerprint density at radius 2 is 0.877 bits per heavy atom. The van der Waals surface area contributed by atoms with E-state index >= 15 is 0 Å². The first-order chi connectivity index (χ1) is 27.4. The molecule has 8 nitrogen and oxygen atoms in total. The van der Waals surface area contributed by atoms with Gasteiger partial charge in [0.1, 0.15) is 36.2 Å². The maximum atomic E-state index is 13.6. The molecule has 0 saturated heterocycles. The molecule has 0 bridgehead atoms. The average Bonchev–Trinajstić information content (AvgIpc) is 3.20. The lowest BCUT2D eigenvalue weighted by atomic mass is 9.72. The third-order valence-corrected chi connectivity index (χ3v) is 11.1. The monoisotopic (exact) mass is 780 g/mol. The third kappa shape index (κ3) is 12.5. The Morgan fingerprint density at radius 3 is 1.26 bits per heavy atom. The molecule has 308 valence electrons. The van der Waals surface area contributed by atoms with Gasteiger partial charge in [-0.2, -0.15) is 0 Å². The molecule has 4 rings (SSSR count). The van der Waals surface area contributed by atoms with E-state index < -0.39 is 17.4 Å². The highest BCUT2D eigenvalue weighted by atomic mass is 16.6. The van der Waals surface area contributed by atoms with Gasteiger partial charge in [-0.1, -0.05) is 109 Å². The highest BCUT2D eigenvalue weighted by Gasteiger charge is 2.34. The second-order valence-electron chi connectivity index (χ2n) is 15.6. The van der Waals surface area contributed by atoms with Crippen LogP contribution >= 0.6 is 0 Å². The lowest BCUT2D eigenvalue weighted by Crippen LogP contribution is -2.29. The standard InChI is InChI=1S/C49H64O8/c1-6-10-14-36-28-34(18-22-43(36)50)42(35-19-23-44(51)37(29-35)15-11-7-2)32-47(54)56-26-27-57-48(55)33-49(5,40-20-24-45(52)38(30-40)16-12-8-3)41-21-25-46(53)39(31-41)17-13-9-4/h18-25,28-31,42,50-53H,6-17,26-27,32-33H2,1-5H3. The Bertz CT molecular complexity index is 1800. The van der Waals surface area contributed by atoms with Gasteiger partial charge in [-0.3, -0.25) is 9.59 Å². The maximum absolute atomic E-state index is 13.6. The van der Waals surface area contributed by atoms with E-state index in [4.69, 9.17) is 9.47 Å². The van der Waals surface area contributed by atoms with Crippen LogP contribution in [0, 0.1) is 0 Å². The van der Waals surface area contributed by atoms with Crippen LogP contribution in [0.15, 0.2) is 72.8 Å². The van der Waals surface area contributed by atoms with Crippen LogP contribution in [-0.4, -0.2) is 45.6 Å². The fourth-order valence-electron chi connectivity index (χ4n) is 7.45. The fraction of sp³-hybridized carbons (Fsp3) is 0.469. The molecule has 4 aromatic carbocycles. The zero-order chi connectivity index (χ0) is 41.4. The lowest BCUT2D eigenvalue weighted by Gasteiger charge is -2.31. The van der Waals surface area contributed by atoms with Gasteiger partial charge in [0.15, 0.2) is 0 Å². The number of ether oxygens (including phenoxy) is 2. The number of unbranched alkanes of at least 4 members (excludes halogenated alkanes) is 4. The van der Waals surface area contributed by atoms with Crippen LogP contribution in [0.3, 0.4) is 0 Å². The van der Waals surface area contributed by atoms with Crippen molar-refractivity contribution in [2.75, 3.05) is 13.2 Å². The Balaban J connectivity index is 1.51. The van der Waals surface area contributed by atoms with E-state index in [1.165, 1.54) is 0 Å². The van der Waals surface area contributed by atoms with Crippen molar-refractivity contribution < 1.29 is 39.5 Å². The first-order valence-corrected chi connectivity index (χ1v) is 21.0. The van der Waals surface area contributed by atoms with Gasteiger partial charge in [-0.05, 0) is 120 Å². The molecule has 0 radical (unpaired) electrons. The summed E-state index contributed by atoms with van der Waals surface area (Å²) in [5.41, 5.74) is 5.89. The van der Waals surface area contributed by atoms with E-state index in [-0.39, 0.29) is 55.0 Å². The van der Waals surface area contributed by atoms with Gasteiger partial charge in [0.2, 0.25) is 0 Å². The zero-order valence-corrected chi connectivity index (χ0v) is 34.7. The summed E-state index contributed by atoms with van der Waals surface area (Å²) in [6.07, 6.45) is 10.5. The molecule has 0 fully saturated rings. The molecule has 0 spiro atoms. The minimum atomic E-state index is -0.843. The van der Waals surface area contributed by atoms with E-state index in [1.54, 1.807) is 24.3 Å². The highest BCUT2D eigenvalue weighted by molar-refractivity contribution is 5.73. The number of aryl methyl sites for hydroxylation is 4. The van der Waals surface area contributed by atoms with Crippen LogP contribution in [0.25, 0.3) is 0 Å². The zero-order valence-electron chi connectivity index (χ0n) is 34.7. The topological polar surface area (TPSA) is 134 Å². The van der Waals surface area contributed by atoms with Crippen molar-refractivity contribution >= 4 is 11.9 Å². The van der Waals surface area contributed by atoms with Crippen molar-refractivity contribution in [2.45, 2.75) is 136 Å². The van der Waals surface area contributed by atoms with E-state index in [2.05, 4.69) is 27.7 Å². The molecule has 4 N–H and O–H groups in total. The largest absolute Gasteiger partial charge is 0.508 e. The predicted octanol–water partition coefficient (Wildman–Crippen LogP) is 10.9. The normalized spacial score (nSPS) is 11.5. The molecule has 57 heavy (non-hydrogen) atoms. The van der Waals surface area contributed by atoms with E-state index in [1.807, 2.05) is 55.5 Å². The summed E-state index contributed by atoms with van der Waals surface area (Å²) in [6.45, 7) is 10.1. The van der Waals surface area contributed by atoms with Gasteiger partial charge in [0.25, 0.3) is 0 Å². The summed E-state index contributed by atoms with van der Waals surface area (Å²) in [7, 11) is 0. The summed E-state index contributed by atoms with van der Waals surface area (Å²) in [6, 6.07) is 21.9. The van der Waals surface area contributed by atoms with Crippen molar-refractivity contribution in [3.63, 3.8) is 0 Å². The number of hydrogen-bond acceptors (Lipinski definition) is 8. The molecule has 0 aliphatic rings. The van der Waals surface area contributed by atoms with Crippen LogP contribution in [0.4, 0.5) is 0 Å². The molecule has 0 atom stereocenters. The van der Waals surface area contributed by atoms with Gasteiger partial charge in [-0.25, -0.2) is 0 Å². The number of esters is 2. The van der Waals surface area contributed by atoms with Crippen molar-refractivity contribution in [2.24, 2.45) is 0 Å². The van der Waals surface area contributed by atoms with Crippen LogP contribution in [0.5, 0.6) is 23.0 Å². The molecule has 0 amide bonds. The second-order valence-corrected chi connectivity index (χ2v) is 15.6. The maximum Gasteiger partial charge on any atom is 0.307 e. The number of carbonyl (C=O) groups is 2. The number of carbonyl (C=O) groups excluding carboxylic acids is 2. The third-order valence-electron chi connectivity index (χ3n) is 11.1. The minimum Gasteiger partial charge on any atom is -0.508 e. The predicted molar refractivity (Wildman–Crippen MR) is 226 cm³/mol. The van der Waals surface area contributed by atoms with Crippen molar-refractivity contribution in [1.29, 1.82) is 0 Å². The number of hydrogen-bond donors (Lipinski definition) is 4. The smallest absolute Gasteiger partial charge is 0.307 e. The number of phenolic OH excluding ortho intramolecular Hbond substituents is 4. The Kier molecular flexibility index (Phi) is 17.3. The highest BCUT2D eigenvalue weighted by Crippen LogP contribution is 2.40. The van der Waals surface area contributed by atoms with E-state index in [9.17, 15) is 30.0 Å². The van der Waals surface area contributed by atoms with Gasteiger partial charge in [-0.15, -0.1) is 0 Å². The second kappa shape index (κ2) is 22.1. The summed E-state index contributed by atoms with van der Waals surface area (Å²) < 4.78 is 11.4. The van der Waals surface area contributed by atoms with Crippen molar-refractivity contribution in [3.8, 4) is 23.0 Å². The molecule has 0 heterocycles. The number of phenols is 4. The summed E-state index contributed by atoms with van der Waals surface area (Å²) in [4.78, 5) is 27.1. The van der Waals surface area contributed by atoms with Crippen LogP contribution < -0.4 is 0 Å². The molecule has 0 aliphatic carbocycles. The fourth-order valence-corrected chi connectivity index (χ4v) is 7.45. The molecular formula is C49H64O8. The van der Waals surface area contributed by atoms with Crippen LogP contribution in [0.1, 0.15) is 149 Å². The quantitative estimate of drug-likeness (QED) is 0.0432. The summed E-state index contributed by atoms with van der Waals surface area (Å²) in [5, 5.41) is 42.5. The number of rotatable bonds is 23. The molecule has 8 heteroatoms. The molecule has 0 aromatic heterocycles. The van der Waals surface area contributed by atoms with Crippen LogP contribution in [-0.2, 0) is 50.2 Å². The molecule has 0 aliphatic heterocycles. The summed E-state index contributed by atoms with van der Waals surface area (Å²) >= 11 is 0. The molecule has 0 saturated carbocycles. The molecular weight excluding hydrogens is 717 g/mol. The van der Waals surface area contributed by atoms with Crippen molar-refractivity contribution in [1.82, 2.24) is 0 Å². The molecule has 4 aromatic rings. The lowest BCUT2D eigenvalue weighted by molar-refractivity contribution is -0.153. The van der Waals surface area contributed by atoms with Gasteiger partial charge in [0, 0.05) is 11.3 Å². The number of benzene rings is 4. The first kappa shape index (κ1) is 44.7. The minimum absolute atomic E-state index is 0.0125. The SMILES string of the molecule is CCCCc1cc(C(CC(=O)OCCOC(=O)CC(C)(c2ccc(O)c(CCCC)c2)c2ccc(O)c(CCCC)c2)c2ccc(O)c(CCCC)c2)ccc1O. The molecule has 0 unspecified atom stereocenters.